The summed E-state index contributed by atoms with van der Waals surface area (Å²) in [6.07, 6.45) is 5.08. The first-order valence-electron chi connectivity index (χ1n) is 8.40. The first-order valence-corrected chi connectivity index (χ1v) is 8.40. The largest absolute Gasteiger partial charge is 0.384 e. The van der Waals surface area contributed by atoms with Crippen LogP contribution in [-0.4, -0.2) is 47.6 Å². The van der Waals surface area contributed by atoms with Crippen LogP contribution >= 0.6 is 0 Å². The number of nitrogens with two attached hydrogens (primary N) is 1. The molecule has 0 bridgehead atoms. The minimum absolute atomic E-state index is 0.541. The SMILES string of the molecule is Nc1cc(N2CCCN(CCCc3ccccc3)CC2)ncn1. The summed E-state index contributed by atoms with van der Waals surface area (Å²) in [5.74, 6) is 1.49. The monoisotopic (exact) mass is 311 g/mol. The van der Waals surface area contributed by atoms with E-state index in [2.05, 4.69) is 50.1 Å². The van der Waals surface area contributed by atoms with E-state index in [-0.39, 0.29) is 0 Å². The van der Waals surface area contributed by atoms with Gasteiger partial charge in [0.2, 0.25) is 0 Å². The first-order chi connectivity index (χ1) is 11.3. The summed E-state index contributed by atoms with van der Waals surface area (Å²) in [6.45, 7) is 5.44. The van der Waals surface area contributed by atoms with E-state index in [1.807, 2.05) is 6.07 Å². The zero-order chi connectivity index (χ0) is 15.9. The quantitative estimate of drug-likeness (QED) is 0.917. The van der Waals surface area contributed by atoms with Gasteiger partial charge in [0.25, 0.3) is 0 Å². The molecule has 0 amide bonds. The molecule has 0 spiro atoms. The molecule has 0 aliphatic carbocycles. The average molecular weight is 311 g/mol. The molecule has 1 saturated heterocycles. The number of nitrogens with zero attached hydrogens (tertiary/aromatic N) is 4. The van der Waals surface area contributed by atoms with Crippen LogP contribution < -0.4 is 10.6 Å². The van der Waals surface area contributed by atoms with Gasteiger partial charge < -0.3 is 15.5 Å². The Hall–Kier alpha value is -2.14. The van der Waals surface area contributed by atoms with Gasteiger partial charge >= 0.3 is 0 Å². The first kappa shape index (κ1) is 15.7. The molecule has 5 nitrogen and oxygen atoms in total. The third-order valence-corrected chi connectivity index (χ3v) is 4.37. The molecule has 2 heterocycles. The topological polar surface area (TPSA) is 58.3 Å². The van der Waals surface area contributed by atoms with E-state index in [4.69, 9.17) is 5.73 Å². The third-order valence-electron chi connectivity index (χ3n) is 4.37. The number of aryl methyl sites for hydroxylation is 1. The van der Waals surface area contributed by atoms with E-state index < -0.39 is 0 Å². The van der Waals surface area contributed by atoms with E-state index in [0.717, 1.165) is 51.4 Å². The van der Waals surface area contributed by atoms with Gasteiger partial charge in [-0.2, -0.15) is 0 Å². The fourth-order valence-corrected chi connectivity index (χ4v) is 3.11. The predicted octanol–water partition coefficient (Wildman–Crippen LogP) is 2.20. The molecule has 122 valence electrons. The van der Waals surface area contributed by atoms with Crippen molar-refractivity contribution in [3.8, 4) is 0 Å². The lowest BCUT2D eigenvalue weighted by Crippen LogP contribution is -2.32. The van der Waals surface area contributed by atoms with Gasteiger partial charge in [-0.25, -0.2) is 9.97 Å². The summed E-state index contributed by atoms with van der Waals surface area (Å²) in [4.78, 5) is 13.2. The summed E-state index contributed by atoms with van der Waals surface area (Å²) >= 11 is 0. The predicted molar refractivity (Wildman–Crippen MR) is 94.5 cm³/mol. The minimum atomic E-state index is 0.541. The van der Waals surface area contributed by atoms with Crippen LogP contribution in [0.3, 0.4) is 0 Å². The zero-order valence-corrected chi connectivity index (χ0v) is 13.6. The highest BCUT2D eigenvalue weighted by Gasteiger charge is 2.16. The Bertz CT molecular complexity index is 601. The second-order valence-corrected chi connectivity index (χ2v) is 6.07. The number of rotatable bonds is 5. The molecular weight excluding hydrogens is 286 g/mol. The van der Waals surface area contributed by atoms with E-state index in [1.54, 1.807) is 6.33 Å². The maximum absolute atomic E-state index is 5.76. The molecule has 2 aromatic rings. The molecule has 0 radical (unpaired) electrons. The number of nitrogen functional groups attached to an aromatic ring is 1. The fraction of sp³-hybridized carbons (Fsp3) is 0.444. The lowest BCUT2D eigenvalue weighted by Gasteiger charge is -2.22. The Morgan fingerprint density at radius 2 is 1.87 bits per heavy atom. The van der Waals surface area contributed by atoms with Crippen molar-refractivity contribution in [2.75, 3.05) is 43.4 Å². The molecule has 2 N–H and O–H groups in total. The van der Waals surface area contributed by atoms with Gasteiger partial charge in [-0.1, -0.05) is 30.3 Å². The van der Waals surface area contributed by atoms with Gasteiger partial charge in [-0.05, 0) is 37.9 Å². The van der Waals surface area contributed by atoms with E-state index in [9.17, 15) is 0 Å². The van der Waals surface area contributed by atoms with Crippen LogP contribution in [-0.2, 0) is 6.42 Å². The number of hydrogen-bond acceptors (Lipinski definition) is 5. The molecule has 5 heteroatoms. The Morgan fingerprint density at radius 3 is 2.70 bits per heavy atom. The van der Waals surface area contributed by atoms with E-state index >= 15 is 0 Å². The van der Waals surface area contributed by atoms with Crippen LogP contribution in [0.25, 0.3) is 0 Å². The highest BCUT2D eigenvalue weighted by Crippen LogP contribution is 2.15. The third kappa shape index (κ3) is 4.66. The molecule has 0 saturated carbocycles. The van der Waals surface area contributed by atoms with Crippen LogP contribution in [0, 0.1) is 0 Å². The lowest BCUT2D eigenvalue weighted by atomic mass is 10.1. The molecule has 1 fully saturated rings. The fourth-order valence-electron chi connectivity index (χ4n) is 3.11. The van der Waals surface area contributed by atoms with Crippen LogP contribution in [0.2, 0.25) is 0 Å². The average Bonchev–Trinajstić information content (AvgIpc) is 2.82. The maximum atomic E-state index is 5.76. The molecule has 1 aliphatic heterocycles. The lowest BCUT2D eigenvalue weighted by molar-refractivity contribution is 0.290. The molecule has 0 unspecified atom stereocenters. The van der Waals surface area contributed by atoms with Gasteiger partial charge in [0, 0.05) is 25.7 Å². The van der Waals surface area contributed by atoms with Crippen molar-refractivity contribution in [1.82, 2.24) is 14.9 Å². The standard InChI is InChI=1S/C18H25N5/c19-17-14-18(21-15-20-17)23-11-5-10-22(12-13-23)9-4-8-16-6-2-1-3-7-16/h1-3,6-7,14-15H,4-5,8-13H2,(H2,19,20,21). The van der Waals surface area contributed by atoms with Gasteiger partial charge in [0.05, 0.1) is 0 Å². The van der Waals surface area contributed by atoms with Crippen molar-refractivity contribution in [3.63, 3.8) is 0 Å². The molecule has 1 aromatic carbocycles. The summed E-state index contributed by atoms with van der Waals surface area (Å²) in [6, 6.07) is 12.6. The number of benzene rings is 1. The Kier molecular flexibility index (Phi) is 5.42. The van der Waals surface area contributed by atoms with Crippen molar-refractivity contribution >= 4 is 11.6 Å². The minimum Gasteiger partial charge on any atom is -0.384 e. The van der Waals surface area contributed by atoms with E-state index in [0.29, 0.717) is 5.82 Å². The molecule has 0 atom stereocenters. The van der Waals surface area contributed by atoms with Crippen molar-refractivity contribution in [2.24, 2.45) is 0 Å². The molecule has 1 aromatic heterocycles. The zero-order valence-electron chi connectivity index (χ0n) is 13.6. The van der Waals surface area contributed by atoms with Gasteiger partial charge in [0.15, 0.2) is 0 Å². The van der Waals surface area contributed by atoms with Crippen LogP contribution in [0.1, 0.15) is 18.4 Å². The number of hydrogen-bond donors (Lipinski definition) is 1. The van der Waals surface area contributed by atoms with E-state index in [1.165, 1.54) is 12.0 Å². The van der Waals surface area contributed by atoms with Crippen LogP contribution in [0.15, 0.2) is 42.7 Å². The summed E-state index contributed by atoms with van der Waals surface area (Å²) in [7, 11) is 0. The van der Waals surface area contributed by atoms with Crippen LogP contribution in [0.5, 0.6) is 0 Å². The molecule has 1 aliphatic rings. The van der Waals surface area contributed by atoms with Gasteiger partial charge in [0.1, 0.15) is 18.0 Å². The maximum Gasteiger partial charge on any atom is 0.134 e. The van der Waals surface area contributed by atoms with Gasteiger partial charge in [-0.15, -0.1) is 0 Å². The Balaban J connectivity index is 1.47. The molecule has 3 rings (SSSR count). The molecular formula is C18H25N5. The summed E-state index contributed by atoms with van der Waals surface area (Å²) in [5.41, 5.74) is 7.20. The Labute approximate surface area is 138 Å². The summed E-state index contributed by atoms with van der Waals surface area (Å²) < 4.78 is 0. The summed E-state index contributed by atoms with van der Waals surface area (Å²) in [5, 5.41) is 0. The van der Waals surface area contributed by atoms with Crippen LogP contribution in [0.4, 0.5) is 11.6 Å². The smallest absolute Gasteiger partial charge is 0.134 e. The van der Waals surface area contributed by atoms with Gasteiger partial charge in [-0.3, -0.25) is 0 Å². The van der Waals surface area contributed by atoms with Crippen molar-refractivity contribution < 1.29 is 0 Å². The van der Waals surface area contributed by atoms with Crippen molar-refractivity contribution in [2.45, 2.75) is 19.3 Å². The van der Waals surface area contributed by atoms with Crippen molar-refractivity contribution in [1.29, 1.82) is 0 Å². The van der Waals surface area contributed by atoms with Crippen molar-refractivity contribution in [3.05, 3.63) is 48.3 Å². The molecule has 23 heavy (non-hydrogen) atoms. The number of aromatic nitrogens is 2. The second kappa shape index (κ2) is 7.92. The highest BCUT2D eigenvalue weighted by molar-refractivity contribution is 5.45. The Morgan fingerprint density at radius 1 is 1.00 bits per heavy atom. The highest BCUT2D eigenvalue weighted by atomic mass is 15.2. The normalized spacial score (nSPS) is 16.3. The second-order valence-electron chi connectivity index (χ2n) is 6.07. The number of anilines is 2.